The van der Waals surface area contributed by atoms with Gasteiger partial charge in [0.2, 0.25) is 0 Å². The highest BCUT2D eigenvalue weighted by Gasteiger charge is 2.29. The van der Waals surface area contributed by atoms with E-state index in [2.05, 4.69) is 25.1 Å². The molecule has 3 nitrogen and oxygen atoms in total. The Labute approximate surface area is 143 Å². The quantitative estimate of drug-likeness (QED) is 0.924. The molecule has 2 aromatic rings. The minimum Gasteiger partial charge on any atom is -0.393 e. The molecule has 0 aliphatic carbocycles. The monoisotopic (exact) mass is 323 g/mol. The van der Waals surface area contributed by atoms with Gasteiger partial charge in [-0.2, -0.15) is 0 Å². The van der Waals surface area contributed by atoms with Crippen molar-refractivity contribution < 1.29 is 9.90 Å². The van der Waals surface area contributed by atoms with Gasteiger partial charge in [0, 0.05) is 17.3 Å². The van der Waals surface area contributed by atoms with Crippen molar-refractivity contribution in [1.29, 1.82) is 0 Å². The summed E-state index contributed by atoms with van der Waals surface area (Å²) in [5.74, 6) is 0.0664. The van der Waals surface area contributed by atoms with Crippen LogP contribution in [0.3, 0.4) is 0 Å². The van der Waals surface area contributed by atoms with Gasteiger partial charge in [0.15, 0.2) is 0 Å². The second-order valence-electron chi connectivity index (χ2n) is 6.78. The lowest BCUT2D eigenvalue weighted by Gasteiger charge is -2.36. The summed E-state index contributed by atoms with van der Waals surface area (Å²) < 4.78 is 0. The minimum absolute atomic E-state index is 0.0664. The number of carbonyl (C=O) groups is 1. The third kappa shape index (κ3) is 3.51. The van der Waals surface area contributed by atoms with E-state index in [0.29, 0.717) is 0 Å². The fraction of sp³-hybridized carbons (Fsp3) is 0.381. The van der Waals surface area contributed by atoms with Crippen LogP contribution in [0.4, 0.5) is 5.69 Å². The van der Waals surface area contributed by atoms with Crippen LogP contribution in [0.15, 0.2) is 48.5 Å². The van der Waals surface area contributed by atoms with E-state index in [0.717, 1.165) is 36.9 Å². The van der Waals surface area contributed by atoms with Gasteiger partial charge < -0.3 is 10.0 Å². The SMILES string of the molecule is CC(O)CCc1ccc2c(c1)N(C(=O)c1ccccc1)C(C)CC2. The molecule has 0 saturated heterocycles. The number of hydrogen-bond donors (Lipinski definition) is 1. The van der Waals surface area contributed by atoms with E-state index < -0.39 is 0 Å². The maximum Gasteiger partial charge on any atom is 0.258 e. The lowest BCUT2D eigenvalue weighted by molar-refractivity contribution is 0.0975. The van der Waals surface area contributed by atoms with E-state index in [1.165, 1.54) is 11.1 Å². The van der Waals surface area contributed by atoms with Gasteiger partial charge in [-0.15, -0.1) is 0 Å². The molecule has 2 atom stereocenters. The van der Waals surface area contributed by atoms with Gasteiger partial charge >= 0.3 is 0 Å². The second-order valence-corrected chi connectivity index (χ2v) is 6.78. The summed E-state index contributed by atoms with van der Waals surface area (Å²) in [4.78, 5) is 15.0. The Kier molecular flexibility index (Phi) is 5.00. The first-order chi connectivity index (χ1) is 11.6. The molecule has 1 amide bonds. The van der Waals surface area contributed by atoms with Crippen molar-refractivity contribution in [3.63, 3.8) is 0 Å². The average molecular weight is 323 g/mol. The first kappa shape index (κ1) is 16.7. The summed E-state index contributed by atoms with van der Waals surface area (Å²) in [5, 5.41) is 9.52. The zero-order valence-corrected chi connectivity index (χ0v) is 14.4. The van der Waals surface area contributed by atoms with Crippen LogP contribution < -0.4 is 4.90 Å². The maximum atomic E-state index is 13.0. The van der Waals surface area contributed by atoms with Gasteiger partial charge in [0.1, 0.15) is 0 Å². The molecule has 0 spiro atoms. The van der Waals surface area contributed by atoms with Crippen molar-refractivity contribution >= 4 is 11.6 Å². The zero-order valence-electron chi connectivity index (χ0n) is 14.4. The van der Waals surface area contributed by atoms with Gasteiger partial charge in [-0.05, 0) is 68.9 Å². The summed E-state index contributed by atoms with van der Waals surface area (Å²) in [7, 11) is 0. The van der Waals surface area contributed by atoms with Gasteiger partial charge in [0.25, 0.3) is 5.91 Å². The van der Waals surface area contributed by atoms with Crippen molar-refractivity contribution in [2.45, 2.75) is 51.7 Å². The molecule has 3 rings (SSSR count). The normalized spacial score (nSPS) is 18.1. The van der Waals surface area contributed by atoms with E-state index in [1.54, 1.807) is 0 Å². The van der Waals surface area contributed by atoms with Crippen LogP contribution in [-0.4, -0.2) is 23.2 Å². The van der Waals surface area contributed by atoms with Crippen molar-refractivity contribution in [3.8, 4) is 0 Å². The van der Waals surface area contributed by atoms with Crippen LogP contribution in [-0.2, 0) is 12.8 Å². The Morgan fingerprint density at radius 2 is 2.00 bits per heavy atom. The first-order valence-corrected chi connectivity index (χ1v) is 8.74. The number of aryl methyl sites for hydroxylation is 2. The molecule has 0 radical (unpaired) electrons. The highest BCUT2D eigenvalue weighted by molar-refractivity contribution is 6.07. The van der Waals surface area contributed by atoms with Crippen molar-refractivity contribution in [2.75, 3.05) is 4.90 Å². The Bertz CT molecular complexity index is 709. The number of fused-ring (bicyclic) bond motifs is 1. The van der Waals surface area contributed by atoms with E-state index in [1.807, 2.05) is 42.2 Å². The molecule has 3 heteroatoms. The lowest BCUT2D eigenvalue weighted by atomic mass is 9.93. The van der Waals surface area contributed by atoms with Gasteiger partial charge in [-0.25, -0.2) is 0 Å². The summed E-state index contributed by atoms with van der Waals surface area (Å²) in [6.45, 7) is 3.93. The smallest absolute Gasteiger partial charge is 0.258 e. The molecule has 1 aliphatic rings. The van der Waals surface area contributed by atoms with Gasteiger partial charge in [0.05, 0.1) is 6.10 Å². The molecular formula is C21H25NO2. The number of nitrogens with zero attached hydrogens (tertiary/aromatic N) is 1. The molecule has 1 heterocycles. The van der Waals surface area contributed by atoms with E-state index in [4.69, 9.17) is 0 Å². The number of aliphatic hydroxyl groups is 1. The Hall–Kier alpha value is -2.13. The Morgan fingerprint density at radius 3 is 2.71 bits per heavy atom. The number of hydrogen-bond acceptors (Lipinski definition) is 2. The number of rotatable bonds is 4. The van der Waals surface area contributed by atoms with Crippen LogP contribution in [0.2, 0.25) is 0 Å². The summed E-state index contributed by atoms with van der Waals surface area (Å²) in [6, 6.07) is 16.1. The third-order valence-electron chi connectivity index (χ3n) is 4.77. The van der Waals surface area contributed by atoms with Crippen molar-refractivity contribution in [3.05, 3.63) is 65.2 Å². The number of carbonyl (C=O) groups excluding carboxylic acids is 1. The van der Waals surface area contributed by atoms with Crippen molar-refractivity contribution in [2.24, 2.45) is 0 Å². The number of anilines is 1. The highest BCUT2D eigenvalue weighted by Crippen LogP contribution is 2.33. The first-order valence-electron chi connectivity index (χ1n) is 8.74. The number of amides is 1. The van der Waals surface area contributed by atoms with Crippen LogP contribution in [0.1, 0.15) is 48.2 Å². The van der Waals surface area contributed by atoms with E-state index in [-0.39, 0.29) is 18.1 Å². The fourth-order valence-corrected chi connectivity index (χ4v) is 3.34. The van der Waals surface area contributed by atoms with Crippen molar-refractivity contribution in [1.82, 2.24) is 0 Å². The van der Waals surface area contributed by atoms with E-state index in [9.17, 15) is 9.90 Å². The topological polar surface area (TPSA) is 40.5 Å². The fourth-order valence-electron chi connectivity index (χ4n) is 3.34. The molecule has 0 saturated carbocycles. The molecule has 0 bridgehead atoms. The Morgan fingerprint density at radius 1 is 1.25 bits per heavy atom. The van der Waals surface area contributed by atoms with Crippen LogP contribution in [0, 0.1) is 0 Å². The summed E-state index contributed by atoms with van der Waals surface area (Å²) in [6.07, 6.45) is 3.25. The maximum absolute atomic E-state index is 13.0. The predicted molar refractivity (Wildman–Crippen MR) is 97.5 cm³/mol. The highest BCUT2D eigenvalue weighted by atomic mass is 16.3. The average Bonchev–Trinajstić information content (AvgIpc) is 2.60. The van der Waals surface area contributed by atoms with E-state index >= 15 is 0 Å². The molecule has 2 aromatic carbocycles. The number of aliphatic hydroxyl groups excluding tert-OH is 1. The van der Waals surface area contributed by atoms with Crippen LogP contribution in [0.25, 0.3) is 0 Å². The second kappa shape index (κ2) is 7.18. The molecule has 2 unspecified atom stereocenters. The molecule has 1 N–H and O–H groups in total. The number of benzene rings is 2. The molecule has 0 fully saturated rings. The third-order valence-corrected chi connectivity index (χ3v) is 4.77. The standard InChI is InChI=1S/C21H25NO2/c1-15-8-12-18-13-11-17(10-9-16(2)23)14-20(18)22(15)21(24)19-6-4-3-5-7-19/h3-7,11,13-16,23H,8-10,12H2,1-2H3. The zero-order chi connectivity index (χ0) is 17.1. The minimum atomic E-state index is -0.304. The predicted octanol–water partition coefficient (Wildman–Crippen LogP) is 3.98. The van der Waals surface area contributed by atoms with Crippen LogP contribution >= 0.6 is 0 Å². The van der Waals surface area contributed by atoms with Crippen LogP contribution in [0.5, 0.6) is 0 Å². The lowest BCUT2D eigenvalue weighted by Crippen LogP contribution is -2.42. The molecule has 1 aliphatic heterocycles. The molecule has 126 valence electrons. The largest absolute Gasteiger partial charge is 0.393 e. The summed E-state index contributed by atoms with van der Waals surface area (Å²) >= 11 is 0. The van der Waals surface area contributed by atoms with Gasteiger partial charge in [-0.1, -0.05) is 30.3 Å². The summed E-state index contributed by atoms with van der Waals surface area (Å²) in [5.41, 5.74) is 4.17. The van der Waals surface area contributed by atoms with Gasteiger partial charge in [-0.3, -0.25) is 4.79 Å². The molecule has 24 heavy (non-hydrogen) atoms. The molecular weight excluding hydrogens is 298 g/mol. The molecule has 0 aromatic heterocycles. The Balaban J connectivity index is 1.93.